The summed E-state index contributed by atoms with van der Waals surface area (Å²) in [7, 11) is 1.60. The van der Waals surface area contributed by atoms with Crippen LogP contribution in [0.15, 0.2) is 23.7 Å². The lowest BCUT2D eigenvalue weighted by Gasteiger charge is -2.05. The summed E-state index contributed by atoms with van der Waals surface area (Å²) < 4.78 is 6.55. The monoisotopic (exact) mass is 270 g/mol. The zero-order valence-corrected chi connectivity index (χ0v) is 10.8. The molecule has 0 saturated heterocycles. The lowest BCUT2D eigenvalue weighted by atomic mass is 10.2. The molecule has 2 aromatic heterocycles. The molecule has 2 heterocycles. The number of methoxy groups -OCH3 is 1. The third-order valence-electron chi connectivity index (χ3n) is 2.26. The van der Waals surface area contributed by atoms with Gasteiger partial charge >= 0.3 is 0 Å². The molecule has 0 aliphatic rings. The predicted molar refractivity (Wildman–Crippen MR) is 66.9 cm³/mol. The van der Waals surface area contributed by atoms with E-state index in [4.69, 9.17) is 16.3 Å². The molecule has 0 amide bonds. The van der Waals surface area contributed by atoms with Gasteiger partial charge in [0, 0.05) is 7.11 Å². The van der Waals surface area contributed by atoms with Crippen molar-refractivity contribution in [2.24, 2.45) is 0 Å². The molecule has 0 aliphatic heterocycles. The van der Waals surface area contributed by atoms with Gasteiger partial charge in [-0.25, -0.2) is 0 Å². The van der Waals surface area contributed by atoms with Crippen LogP contribution in [-0.4, -0.2) is 29.3 Å². The molecule has 2 aromatic rings. The second kappa shape index (κ2) is 5.44. The van der Waals surface area contributed by atoms with Gasteiger partial charge in [-0.05, 0) is 11.4 Å². The summed E-state index contributed by atoms with van der Waals surface area (Å²) in [5.74, 6) is -0.0985. The van der Waals surface area contributed by atoms with E-state index >= 15 is 0 Å². The van der Waals surface area contributed by atoms with Crippen LogP contribution in [0.5, 0.6) is 0 Å². The Bertz CT molecular complexity index is 508. The molecule has 2 rings (SSSR count). The van der Waals surface area contributed by atoms with Crippen molar-refractivity contribution in [1.82, 2.24) is 9.78 Å². The summed E-state index contributed by atoms with van der Waals surface area (Å²) in [6, 6.07) is 3.61. The highest BCUT2D eigenvalue weighted by Gasteiger charge is 2.19. The van der Waals surface area contributed by atoms with Crippen molar-refractivity contribution in [2.75, 3.05) is 13.7 Å². The van der Waals surface area contributed by atoms with Gasteiger partial charge in [0.2, 0.25) is 5.78 Å². The van der Waals surface area contributed by atoms with Crippen LogP contribution in [-0.2, 0) is 11.3 Å². The van der Waals surface area contributed by atoms with E-state index in [0.717, 1.165) is 0 Å². The van der Waals surface area contributed by atoms with Crippen LogP contribution in [0.1, 0.15) is 15.4 Å². The highest BCUT2D eigenvalue weighted by Crippen LogP contribution is 2.21. The van der Waals surface area contributed by atoms with E-state index in [1.807, 2.05) is 11.4 Å². The zero-order chi connectivity index (χ0) is 12.3. The van der Waals surface area contributed by atoms with Crippen molar-refractivity contribution in [2.45, 2.75) is 6.54 Å². The van der Waals surface area contributed by atoms with Crippen molar-refractivity contribution < 1.29 is 9.53 Å². The van der Waals surface area contributed by atoms with Crippen molar-refractivity contribution in [1.29, 1.82) is 0 Å². The molecule has 0 bridgehead atoms. The molecule has 90 valence electrons. The molecular formula is C11H11ClN2O2S. The summed E-state index contributed by atoms with van der Waals surface area (Å²) in [5, 5.41) is 6.31. The highest BCUT2D eigenvalue weighted by molar-refractivity contribution is 7.12. The Balaban J connectivity index is 2.31. The van der Waals surface area contributed by atoms with Crippen molar-refractivity contribution >= 4 is 28.7 Å². The molecule has 4 nitrogen and oxygen atoms in total. The number of hydrogen-bond acceptors (Lipinski definition) is 4. The van der Waals surface area contributed by atoms with Crippen molar-refractivity contribution in [3.63, 3.8) is 0 Å². The van der Waals surface area contributed by atoms with Crippen LogP contribution < -0.4 is 0 Å². The van der Waals surface area contributed by atoms with Crippen molar-refractivity contribution in [3.8, 4) is 0 Å². The minimum Gasteiger partial charge on any atom is -0.383 e. The number of rotatable bonds is 5. The Morgan fingerprint density at radius 3 is 3.12 bits per heavy atom. The summed E-state index contributed by atoms with van der Waals surface area (Å²) in [6.07, 6.45) is 1.48. The van der Waals surface area contributed by atoms with Crippen LogP contribution in [0.3, 0.4) is 0 Å². The Labute approximate surface area is 108 Å². The topological polar surface area (TPSA) is 44.1 Å². The molecule has 0 radical (unpaired) electrons. The summed E-state index contributed by atoms with van der Waals surface area (Å²) >= 11 is 7.39. The highest BCUT2D eigenvalue weighted by atomic mass is 35.5. The van der Waals surface area contributed by atoms with Crippen molar-refractivity contribution in [3.05, 3.63) is 39.3 Å². The van der Waals surface area contributed by atoms with Gasteiger partial charge in [-0.3, -0.25) is 9.48 Å². The van der Waals surface area contributed by atoms with E-state index in [1.165, 1.54) is 17.5 Å². The van der Waals surface area contributed by atoms with E-state index in [9.17, 15) is 4.79 Å². The molecule has 0 saturated carbocycles. The fraction of sp³-hybridized carbons (Fsp3) is 0.273. The quantitative estimate of drug-likeness (QED) is 0.784. The van der Waals surface area contributed by atoms with Gasteiger partial charge in [0.1, 0.15) is 5.69 Å². The number of hydrogen-bond donors (Lipinski definition) is 0. The predicted octanol–water partition coefficient (Wildman–Crippen LogP) is 2.48. The number of thiophene rings is 1. The van der Waals surface area contributed by atoms with Crippen LogP contribution >= 0.6 is 22.9 Å². The third-order valence-corrected chi connectivity index (χ3v) is 3.41. The van der Waals surface area contributed by atoms with Gasteiger partial charge in [0.25, 0.3) is 0 Å². The first-order chi connectivity index (χ1) is 8.24. The number of aromatic nitrogens is 2. The van der Waals surface area contributed by atoms with Crippen LogP contribution in [0.25, 0.3) is 0 Å². The molecule has 0 N–H and O–H groups in total. The van der Waals surface area contributed by atoms with Gasteiger partial charge in [-0.15, -0.1) is 11.3 Å². The molecule has 0 atom stereocenters. The fourth-order valence-corrected chi connectivity index (χ4v) is 2.35. The first-order valence-corrected chi connectivity index (χ1v) is 6.28. The van der Waals surface area contributed by atoms with E-state index in [-0.39, 0.29) is 5.78 Å². The second-order valence-corrected chi connectivity index (χ2v) is 4.72. The smallest absolute Gasteiger partial charge is 0.222 e. The van der Waals surface area contributed by atoms with Gasteiger partial charge in [0.05, 0.1) is 29.2 Å². The average molecular weight is 271 g/mol. The Kier molecular flexibility index (Phi) is 3.93. The Morgan fingerprint density at radius 2 is 2.47 bits per heavy atom. The van der Waals surface area contributed by atoms with Gasteiger partial charge < -0.3 is 4.74 Å². The molecule has 6 heteroatoms. The zero-order valence-electron chi connectivity index (χ0n) is 9.22. The summed E-state index contributed by atoms with van der Waals surface area (Å²) in [6.45, 7) is 0.998. The minimum atomic E-state index is -0.0985. The second-order valence-electron chi connectivity index (χ2n) is 3.36. The van der Waals surface area contributed by atoms with E-state index < -0.39 is 0 Å². The normalized spacial score (nSPS) is 10.7. The van der Waals surface area contributed by atoms with Crippen LogP contribution in [0.2, 0.25) is 5.02 Å². The number of halogens is 1. The third kappa shape index (κ3) is 2.57. The molecule has 0 unspecified atom stereocenters. The SMILES string of the molecule is COCCn1ncc(Cl)c1C(=O)c1cccs1. The molecular weight excluding hydrogens is 260 g/mol. The largest absolute Gasteiger partial charge is 0.383 e. The molecule has 0 aromatic carbocycles. The Morgan fingerprint density at radius 1 is 1.65 bits per heavy atom. The number of carbonyl (C=O) groups is 1. The molecule has 0 aliphatic carbocycles. The number of ether oxygens (including phenoxy) is 1. The van der Waals surface area contributed by atoms with Gasteiger partial charge in [-0.1, -0.05) is 17.7 Å². The lowest BCUT2D eigenvalue weighted by molar-refractivity contribution is 0.102. The standard InChI is InChI=1S/C11H11ClN2O2S/c1-16-5-4-14-10(8(12)7-13-14)11(15)9-3-2-6-17-9/h2-3,6-7H,4-5H2,1H3. The first-order valence-electron chi connectivity index (χ1n) is 5.02. The van der Waals surface area contributed by atoms with Crippen LogP contribution in [0, 0.1) is 0 Å². The Hall–Kier alpha value is -1.17. The van der Waals surface area contributed by atoms with E-state index in [1.54, 1.807) is 17.9 Å². The molecule has 17 heavy (non-hydrogen) atoms. The maximum absolute atomic E-state index is 12.2. The minimum absolute atomic E-state index is 0.0985. The number of nitrogens with zero attached hydrogens (tertiary/aromatic N) is 2. The maximum Gasteiger partial charge on any atom is 0.222 e. The molecule has 0 spiro atoms. The average Bonchev–Trinajstić information content (AvgIpc) is 2.95. The summed E-state index contributed by atoms with van der Waals surface area (Å²) in [5.41, 5.74) is 0.422. The first kappa shape index (κ1) is 12.3. The lowest BCUT2D eigenvalue weighted by Crippen LogP contribution is -2.14. The van der Waals surface area contributed by atoms with E-state index in [0.29, 0.717) is 28.7 Å². The van der Waals surface area contributed by atoms with Gasteiger partial charge in [-0.2, -0.15) is 5.10 Å². The fourth-order valence-electron chi connectivity index (χ4n) is 1.46. The van der Waals surface area contributed by atoms with E-state index in [2.05, 4.69) is 5.10 Å². The van der Waals surface area contributed by atoms with Crippen LogP contribution in [0.4, 0.5) is 0 Å². The molecule has 0 fully saturated rings. The number of carbonyl (C=O) groups excluding carboxylic acids is 1. The maximum atomic E-state index is 12.2. The van der Waals surface area contributed by atoms with Gasteiger partial charge in [0.15, 0.2) is 0 Å². The summed E-state index contributed by atoms with van der Waals surface area (Å²) in [4.78, 5) is 12.9. The number of ketones is 1.